The molecule has 1 heterocycles. The van der Waals surface area contributed by atoms with E-state index in [9.17, 15) is 4.79 Å². The number of nitrogens with zero attached hydrogens (tertiary/aromatic N) is 3. The zero-order valence-electron chi connectivity index (χ0n) is 11.4. The molecule has 0 radical (unpaired) electrons. The fourth-order valence-corrected chi connectivity index (χ4v) is 1.99. The summed E-state index contributed by atoms with van der Waals surface area (Å²) in [6, 6.07) is 7.89. The van der Waals surface area contributed by atoms with Gasteiger partial charge in [0.1, 0.15) is 5.69 Å². The molecular formula is C15H17N3O. The van der Waals surface area contributed by atoms with Gasteiger partial charge in [-0.05, 0) is 32.4 Å². The number of carbonyl (C=O) groups is 1. The van der Waals surface area contributed by atoms with Crippen LogP contribution in [-0.4, -0.2) is 21.9 Å². The van der Waals surface area contributed by atoms with Crippen LogP contribution in [0.2, 0.25) is 0 Å². The summed E-state index contributed by atoms with van der Waals surface area (Å²) in [7, 11) is 0. The van der Waals surface area contributed by atoms with Gasteiger partial charge in [-0.15, -0.1) is 0 Å². The van der Waals surface area contributed by atoms with E-state index in [1.807, 2.05) is 45.0 Å². The monoisotopic (exact) mass is 255 g/mol. The molecule has 0 fully saturated rings. The zero-order valence-corrected chi connectivity index (χ0v) is 11.4. The van der Waals surface area contributed by atoms with Crippen molar-refractivity contribution in [1.29, 1.82) is 0 Å². The lowest BCUT2D eigenvalue weighted by Crippen LogP contribution is -2.38. The molecular weight excluding hydrogens is 238 g/mol. The molecule has 0 aliphatic carbocycles. The molecule has 2 aromatic rings. The van der Waals surface area contributed by atoms with Crippen molar-refractivity contribution in [2.24, 2.45) is 0 Å². The molecule has 0 aliphatic rings. The second-order valence-corrected chi connectivity index (χ2v) is 4.65. The maximum absolute atomic E-state index is 12.6. The Morgan fingerprint density at radius 3 is 2.53 bits per heavy atom. The standard InChI is InChI=1S/C15H17N3O/c1-11(2)18(14-7-5-4-6-12(14)3)15(19)13-10-16-8-9-17-13/h4-11H,1-3H3. The molecule has 0 atom stereocenters. The van der Waals surface area contributed by atoms with Gasteiger partial charge in [0, 0.05) is 24.1 Å². The number of hydrogen-bond acceptors (Lipinski definition) is 3. The highest BCUT2D eigenvalue weighted by molar-refractivity contribution is 6.05. The first-order valence-corrected chi connectivity index (χ1v) is 6.26. The van der Waals surface area contributed by atoms with Crippen LogP contribution in [-0.2, 0) is 0 Å². The fraction of sp³-hybridized carbons (Fsp3) is 0.267. The molecule has 0 spiro atoms. The minimum Gasteiger partial charge on any atom is -0.304 e. The van der Waals surface area contributed by atoms with E-state index in [1.54, 1.807) is 11.1 Å². The minimum atomic E-state index is -0.127. The van der Waals surface area contributed by atoms with Gasteiger partial charge in [0.25, 0.3) is 5.91 Å². The van der Waals surface area contributed by atoms with E-state index in [2.05, 4.69) is 9.97 Å². The van der Waals surface area contributed by atoms with Crippen molar-refractivity contribution >= 4 is 11.6 Å². The first-order chi connectivity index (χ1) is 9.11. The van der Waals surface area contributed by atoms with Crippen molar-refractivity contribution in [2.45, 2.75) is 26.8 Å². The van der Waals surface area contributed by atoms with Crippen molar-refractivity contribution in [1.82, 2.24) is 9.97 Å². The van der Waals surface area contributed by atoms with Gasteiger partial charge in [-0.3, -0.25) is 9.78 Å². The Balaban J connectivity index is 2.42. The molecule has 0 N–H and O–H groups in total. The number of hydrogen-bond donors (Lipinski definition) is 0. The predicted octanol–water partition coefficient (Wildman–Crippen LogP) is 2.84. The molecule has 0 aliphatic heterocycles. The third kappa shape index (κ3) is 2.78. The summed E-state index contributed by atoms with van der Waals surface area (Å²) < 4.78 is 0. The molecule has 0 unspecified atom stereocenters. The Morgan fingerprint density at radius 1 is 1.21 bits per heavy atom. The zero-order chi connectivity index (χ0) is 13.8. The maximum Gasteiger partial charge on any atom is 0.278 e. The van der Waals surface area contributed by atoms with E-state index in [4.69, 9.17) is 0 Å². The molecule has 4 heteroatoms. The van der Waals surface area contributed by atoms with Crippen LogP contribution in [0.25, 0.3) is 0 Å². The largest absolute Gasteiger partial charge is 0.304 e. The van der Waals surface area contributed by atoms with Crippen LogP contribution in [0.1, 0.15) is 29.9 Å². The van der Waals surface area contributed by atoms with Crippen molar-refractivity contribution in [3.63, 3.8) is 0 Å². The second kappa shape index (κ2) is 5.61. The van der Waals surface area contributed by atoms with Gasteiger partial charge in [0.2, 0.25) is 0 Å². The van der Waals surface area contributed by atoms with E-state index in [1.165, 1.54) is 12.4 Å². The van der Waals surface area contributed by atoms with E-state index in [-0.39, 0.29) is 11.9 Å². The van der Waals surface area contributed by atoms with Gasteiger partial charge in [-0.2, -0.15) is 0 Å². The molecule has 4 nitrogen and oxygen atoms in total. The molecule has 1 amide bonds. The van der Waals surface area contributed by atoms with Gasteiger partial charge >= 0.3 is 0 Å². The molecule has 0 saturated carbocycles. The van der Waals surface area contributed by atoms with E-state index in [0.29, 0.717) is 5.69 Å². The number of benzene rings is 1. The first-order valence-electron chi connectivity index (χ1n) is 6.26. The number of aromatic nitrogens is 2. The van der Waals surface area contributed by atoms with Crippen molar-refractivity contribution in [2.75, 3.05) is 4.90 Å². The summed E-state index contributed by atoms with van der Waals surface area (Å²) in [5.41, 5.74) is 2.33. The molecule has 0 saturated heterocycles. The quantitative estimate of drug-likeness (QED) is 0.847. The number of aryl methyl sites for hydroxylation is 1. The molecule has 1 aromatic heterocycles. The SMILES string of the molecule is Cc1ccccc1N(C(=O)c1cnccn1)C(C)C. The molecule has 0 bridgehead atoms. The molecule has 98 valence electrons. The van der Waals surface area contributed by atoms with Gasteiger partial charge in [0.05, 0.1) is 6.20 Å². The Labute approximate surface area is 113 Å². The van der Waals surface area contributed by atoms with Crippen LogP contribution < -0.4 is 4.90 Å². The third-order valence-electron chi connectivity index (χ3n) is 2.89. The number of carbonyl (C=O) groups excluding carboxylic acids is 1. The van der Waals surface area contributed by atoms with Crippen LogP contribution in [0.4, 0.5) is 5.69 Å². The highest BCUT2D eigenvalue weighted by atomic mass is 16.2. The first kappa shape index (κ1) is 13.2. The van der Waals surface area contributed by atoms with Crippen LogP contribution in [0.3, 0.4) is 0 Å². The molecule has 1 aromatic carbocycles. The van der Waals surface area contributed by atoms with Crippen molar-refractivity contribution in [3.8, 4) is 0 Å². The fourth-order valence-electron chi connectivity index (χ4n) is 1.99. The number of amides is 1. The predicted molar refractivity (Wildman–Crippen MR) is 75.2 cm³/mol. The number of para-hydroxylation sites is 1. The summed E-state index contributed by atoms with van der Waals surface area (Å²) in [6.45, 7) is 5.97. The minimum absolute atomic E-state index is 0.0515. The van der Waals surface area contributed by atoms with Crippen molar-refractivity contribution in [3.05, 3.63) is 54.1 Å². The average Bonchev–Trinajstić information content (AvgIpc) is 2.42. The smallest absolute Gasteiger partial charge is 0.278 e. The highest BCUT2D eigenvalue weighted by Crippen LogP contribution is 2.23. The topological polar surface area (TPSA) is 46.1 Å². The number of rotatable bonds is 3. The third-order valence-corrected chi connectivity index (χ3v) is 2.89. The summed E-state index contributed by atoms with van der Waals surface area (Å²) in [4.78, 5) is 22.3. The lowest BCUT2D eigenvalue weighted by molar-refractivity contribution is 0.0975. The maximum atomic E-state index is 12.6. The summed E-state index contributed by atoms with van der Waals surface area (Å²) >= 11 is 0. The van der Waals surface area contributed by atoms with E-state index >= 15 is 0 Å². The Morgan fingerprint density at radius 2 is 1.95 bits per heavy atom. The van der Waals surface area contributed by atoms with Crippen LogP contribution in [0.15, 0.2) is 42.9 Å². The lowest BCUT2D eigenvalue weighted by atomic mass is 10.1. The van der Waals surface area contributed by atoms with Crippen molar-refractivity contribution < 1.29 is 4.79 Å². The highest BCUT2D eigenvalue weighted by Gasteiger charge is 2.22. The Hall–Kier alpha value is -2.23. The summed E-state index contributed by atoms with van der Waals surface area (Å²) in [5, 5.41) is 0. The van der Waals surface area contributed by atoms with Gasteiger partial charge in [0.15, 0.2) is 0 Å². The Bertz CT molecular complexity index is 567. The van der Waals surface area contributed by atoms with E-state index < -0.39 is 0 Å². The normalized spacial score (nSPS) is 10.5. The second-order valence-electron chi connectivity index (χ2n) is 4.65. The molecule has 2 rings (SSSR count). The van der Waals surface area contributed by atoms with E-state index in [0.717, 1.165) is 11.3 Å². The van der Waals surface area contributed by atoms with Gasteiger partial charge in [-0.25, -0.2) is 4.98 Å². The van der Waals surface area contributed by atoms with Crippen LogP contribution in [0, 0.1) is 6.92 Å². The Kier molecular flexibility index (Phi) is 3.90. The average molecular weight is 255 g/mol. The summed E-state index contributed by atoms with van der Waals surface area (Å²) in [5.74, 6) is -0.127. The lowest BCUT2D eigenvalue weighted by Gasteiger charge is -2.27. The van der Waals surface area contributed by atoms with Crippen LogP contribution >= 0.6 is 0 Å². The summed E-state index contributed by atoms with van der Waals surface area (Å²) in [6.07, 6.45) is 4.59. The van der Waals surface area contributed by atoms with Crippen LogP contribution in [0.5, 0.6) is 0 Å². The number of anilines is 1. The van der Waals surface area contributed by atoms with Gasteiger partial charge < -0.3 is 4.90 Å². The molecule has 19 heavy (non-hydrogen) atoms. The van der Waals surface area contributed by atoms with Gasteiger partial charge in [-0.1, -0.05) is 18.2 Å².